The molecule has 1 aliphatic rings. The molecule has 2 aromatic rings. The summed E-state index contributed by atoms with van der Waals surface area (Å²) in [5.41, 5.74) is 0.971. The fraction of sp³-hybridized carbons (Fsp3) is 0.556. The Balaban J connectivity index is 1.47. The predicted molar refractivity (Wildman–Crippen MR) is 108 cm³/mol. The van der Waals surface area contributed by atoms with E-state index in [9.17, 15) is 0 Å². The van der Waals surface area contributed by atoms with E-state index in [0.717, 1.165) is 52.9 Å². The number of hydrogen-bond donors (Lipinski definition) is 1. The van der Waals surface area contributed by atoms with Crippen LogP contribution < -0.4 is 10.1 Å². The molecule has 0 bridgehead atoms. The van der Waals surface area contributed by atoms with E-state index in [1.165, 1.54) is 0 Å². The molecule has 1 atom stereocenters. The van der Waals surface area contributed by atoms with E-state index in [1.54, 1.807) is 30.2 Å². The van der Waals surface area contributed by atoms with Gasteiger partial charge >= 0.3 is 0 Å². The number of benzene rings is 1. The van der Waals surface area contributed by atoms with Crippen LogP contribution in [0, 0.1) is 5.92 Å². The number of rotatable bonds is 8. The van der Waals surface area contributed by atoms with Gasteiger partial charge in [-0.2, -0.15) is 0 Å². The van der Waals surface area contributed by atoms with Crippen molar-refractivity contribution in [2.45, 2.75) is 24.3 Å². The third-order valence-electron chi connectivity index (χ3n) is 3.99. The van der Waals surface area contributed by atoms with E-state index >= 15 is 0 Å². The number of nitrogens with one attached hydrogen (secondary N) is 1. The SMILES string of the molecule is COc1ccc(Nc2nnc(SC[C@H]3CN(CC(C)C)CCO3)s2)cc1. The lowest BCUT2D eigenvalue weighted by atomic mass is 10.2. The molecule has 3 rings (SSSR count). The molecular weight excluding hydrogens is 368 g/mol. The zero-order valence-corrected chi connectivity index (χ0v) is 17.1. The molecule has 1 aromatic heterocycles. The zero-order chi connectivity index (χ0) is 18.4. The number of hydrogen-bond acceptors (Lipinski definition) is 8. The normalized spacial score (nSPS) is 18.2. The summed E-state index contributed by atoms with van der Waals surface area (Å²) in [6, 6.07) is 7.77. The molecule has 142 valence electrons. The third kappa shape index (κ3) is 5.84. The van der Waals surface area contributed by atoms with Gasteiger partial charge in [-0.25, -0.2) is 0 Å². The van der Waals surface area contributed by atoms with E-state index in [-0.39, 0.29) is 6.10 Å². The Kier molecular flexibility index (Phi) is 7.13. The van der Waals surface area contributed by atoms with Crippen LogP contribution in [-0.2, 0) is 4.74 Å². The van der Waals surface area contributed by atoms with E-state index in [4.69, 9.17) is 9.47 Å². The van der Waals surface area contributed by atoms with Crippen molar-refractivity contribution in [1.82, 2.24) is 15.1 Å². The molecule has 6 nitrogen and oxygen atoms in total. The third-order valence-corrected chi connectivity index (χ3v) is 6.09. The minimum Gasteiger partial charge on any atom is -0.497 e. The van der Waals surface area contributed by atoms with Crippen molar-refractivity contribution < 1.29 is 9.47 Å². The maximum Gasteiger partial charge on any atom is 0.210 e. The van der Waals surface area contributed by atoms with Crippen molar-refractivity contribution in [3.05, 3.63) is 24.3 Å². The largest absolute Gasteiger partial charge is 0.497 e. The Morgan fingerprint density at radius 1 is 1.35 bits per heavy atom. The summed E-state index contributed by atoms with van der Waals surface area (Å²) in [6.45, 7) is 8.52. The van der Waals surface area contributed by atoms with E-state index in [0.29, 0.717) is 5.92 Å². The Morgan fingerprint density at radius 3 is 2.88 bits per heavy atom. The molecule has 1 N–H and O–H groups in total. The molecule has 1 saturated heterocycles. The van der Waals surface area contributed by atoms with Crippen molar-refractivity contribution in [2.24, 2.45) is 5.92 Å². The number of anilines is 2. The van der Waals surface area contributed by atoms with E-state index in [2.05, 4.69) is 34.3 Å². The van der Waals surface area contributed by atoms with Gasteiger partial charge in [-0.3, -0.25) is 4.90 Å². The molecule has 0 amide bonds. The Morgan fingerprint density at radius 2 is 2.15 bits per heavy atom. The van der Waals surface area contributed by atoms with Gasteiger partial charge in [0.15, 0.2) is 4.34 Å². The van der Waals surface area contributed by atoms with Gasteiger partial charge in [0.2, 0.25) is 5.13 Å². The van der Waals surface area contributed by atoms with Crippen LogP contribution in [0.4, 0.5) is 10.8 Å². The number of nitrogens with zero attached hydrogens (tertiary/aromatic N) is 3. The average Bonchev–Trinajstić information content (AvgIpc) is 3.08. The van der Waals surface area contributed by atoms with Gasteiger partial charge in [-0.15, -0.1) is 10.2 Å². The highest BCUT2D eigenvalue weighted by atomic mass is 32.2. The molecule has 0 spiro atoms. The highest BCUT2D eigenvalue weighted by molar-refractivity contribution is 8.01. The minimum absolute atomic E-state index is 0.259. The van der Waals surface area contributed by atoms with Gasteiger partial charge in [0, 0.05) is 31.1 Å². The fourth-order valence-electron chi connectivity index (χ4n) is 2.84. The molecule has 0 radical (unpaired) electrons. The first-order valence-electron chi connectivity index (χ1n) is 8.83. The summed E-state index contributed by atoms with van der Waals surface area (Å²) in [4.78, 5) is 2.50. The van der Waals surface area contributed by atoms with Gasteiger partial charge in [-0.1, -0.05) is 36.9 Å². The van der Waals surface area contributed by atoms with Crippen LogP contribution in [0.2, 0.25) is 0 Å². The van der Waals surface area contributed by atoms with Crippen LogP contribution in [-0.4, -0.2) is 60.3 Å². The van der Waals surface area contributed by atoms with Gasteiger partial charge < -0.3 is 14.8 Å². The van der Waals surface area contributed by atoms with Crippen molar-refractivity contribution in [1.29, 1.82) is 0 Å². The first-order valence-corrected chi connectivity index (χ1v) is 10.6. The lowest BCUT2D eigenvalue weighted by Gasteiger charge is -2.33. The van der Waals surface area contributed by atoms with Crippen LogP contribution in [0.3, 0.4) is 0 Å². The second kappa shape index (κ2) is 9.55. The van der Waals surface area contributed by atoms with E-state index in [1.807, 2.05) is 24.3 Å². The smallest absolute Gasteiger partial charge is 0.210 e. The highest BCUT2D eigenvalue weighted by Gasteiger charge is 2.21. The maximum absolute atomic E-state index is 5.90. The summed E-state index contributed by atoms with van der Waals surface area (Å²) in [6.07, 6.45) is 0.259. The van der Waals surface area contributed by atoms with Crippen LogP contribution in [0.25, 0.3) is 0 Å². The number of thioether (sulfide) groups is 1. The summed E-state index contributed by atoms with van der Waals surface area (Å²) >= 11 is 3.29. The Bertz CT molecular complexity index is 678. The maximum atomic E-state index is 5.90. The predicted octanol–water partition coefficient (Wildman–Crippen LogP) is 3.74. The highest BCUT2D eigenvalue weighted by Crippen LogP contribution is 2.29. The second-order valence-electron chi connectivity index (χ2n) is 6.68. The number of aromatic nitrogens is 2. The zero-order valence-electron chi connectivity index (χ0n) is 15.5. The monoisotopic (exact) mass is 394 g/mol. The van der Waals surface area contributed by atoms with Crippen LogP contribution in [0.1, 0.15) is 13.8 Å². The molecule has 2 heterocycles. The van der Waals surface area contributed by atoms with Gasteiger partial charge in [0.05, 0.1) is 19.8 Å². The Labute approximate surface area is 163 Å². The molecule has 0 unspecified atom stereocenters. The topological polar surface area (TPSA) is 59.5 Å². The molecule has 1 aliphatic heterocycles. The first kappa shape index (κ1) is 19.4. The van der Waals surface area contributed by atoms with Crippen LogP contribution in [0.15, 0.2) is 28.6 Å². The van der Waals surface area contributed by atoms with Gasteiger partial charge in [0.25, 0.3) is 0 Å². The second-order valence-corrected chi connectivity index (χ2v) is 8.93. The van der Waals surface area contributed by atoms with Crippen molar-refractivity contribution in [3.8, 4) is 5.75 Å². The summed E-state index contributed by atoms with van der Waals surface area (Å²) in [5.74, 6) is 2.44. The lowest BCUT2D eigenvalue weighted by molar-refractivity contribution is -0.0191. The van der Waals surface area contributed by atoms with Crippen molar-refractivity contribution in [3.63, 3.8) is 0 Å². The molecule has 1 aromatic carbocycles. The molecule has 0 saturated carbocycles. The fourth-order valence-corrected chi connectivity index (χ4v) is 4.65. The summed E-state index contributed by atoms with van der Waals surface area (Å²) in [7, 11) is 1.66. The van der Waals surface area contributed by atoms with Crippen LogP contribution in [0.5, 0.6) is 5.75 Å². The summed E-state index contributed by atoms with van der Waals surface area (Å²) < 4.78 is 12.0. The number of methoxy groups -OCH3 is 1. The van der Waals surface area contributed by atoms with E-state index < -0.39 is 0 Å². The molecular formula is C18H26N4O2S2. The average molecular weight is 395 g/mol. The number of ether oxygens (including phenoxy) is 2. The van der Waals surface area contributed by atoms with Crippen molar-refractivity contribution in [2.75, 3.05) is 44.4 Å². The molecule has 0 aliphatic carbocycles. The Hall–Kier alpha value is -1.35. The number of morpholine rings is 1. The van der Waals surface area contributed by atoms with Gasteiger partial charge in [0.1, 0.15) is 5.75 Å². The summed E-state index contributed by atoms with van der Waals surface area (Å²) in [5, 5.41) is 12.6. The molecule has 8 heteroatoms. The van der Waals surface area contributed by atoms with Crippen LogP contribution >= 0.6 is 23.1 Å². The first-order chi connectivity index (χ1) is 12.6. The standard InChI is InChI=1S/C18H26N4O2S2/c1-13(2)10-22-8-9-24-16(11-22)12-25-18-21-20-17(26-18)19-14-4-6-15(23-3)7-5-14/h4-7,13,16H,8-12H2,1-3H3,(H,19,20)/t16-/m1/s1. The van der Waals surface area contributed by atoms with Gasteiger partial charge in [-0.05, 0) is 30.2 Å². The lowest BCUT2D eigenvalue weighted by Crippen LogP contribution is -2.44. The quantitative estimate of drug-likeness (QED) is 0.684. The van der Waals surface area contributed by atoms with Crippen molar-refractivity contribution >= 4 is 33.9 Å². The molecule has 1 fully saturated rings. The molecule has 26 heavy (non-hydrogen) atoms. The minimum atomic E-state index is 0.259.